The summed E-state index contributed by atoms with van der Waals surface area (Å²) in [6, 6.07) is 0. The van der Waals surface area contributed by atoms with Crippen molar-refractivity contribution in [2.75, 3.05) is 13.1 Å². The first-order valence-electron chi connectivity index (χ1n) is 6.35. The van der Waals surface area contributed by atoms with Crippen molar-refractivity contribution in [3.8, 4) is 0 Å². The molecule has 1 aliphatic heterocycles. The van der Waals surface area contributed by atoms with Gasteiger partial charge in [0.1, 0.15) is 6.34 Å². The molecule has 4 heteroatoms. The van der Waals surface area contributed by atoms with Gasteiger partial charge in [-0.1, -0.05) is 51.6 Å². The van der Waals surface area contributed by atoms with Gasteiger partial charge in [0.25, 0.3) is 0 Å². The lowest BCUT2D eigenvalue weighted by atomic mass is 10.2. The number of hydrogen-bond donors (Lipinski definition) is 0. The lowest BCUT2D eigenvalue weighted by Gasteiger charge is -2.26. The molecule has 0 saturated heterocycles. The second-order valence-electron chi connectivity index (χ2n) is 4.86. The molecule has 16 heavy (non-hydrogen) atoms. The zero-order valence-electron chi connectivity index (χ0n) is 10.7. The average Bonchev–Trinajstić information content (AvgIpc) is 2.56. The maximum absolute atomic E-state index is 6.33. The van der Waals surface area contributed by atoms with Crippen LogP contribution in [-0.2, 0) is 0 Å². The summed E-state index contributed by atoms with van der Waals surface area (Å²) in [6.45, 7) is 8.56. The standard InChI is InChI=1S/C12H24ClN3/c1-4-5-6-7-8-16-12(13)15(10-14-16)9-11(2)3/h10-12H,4-9H2,1-3H3. The van der Waals surface area contributed by atoms with E-state index in [-0.39, 0.29) is 5.62 Å². The molecule has 0 fully saturated rings. The van der Waals surface area contributed by atoms with Gasteiger partial charge in [-0.2, -0.15) is 5.10 Å². The van der Waals surface area contributed by atoms with Gasteiger partial charge in [0.15, 0.2) is 5.62 Å². The summed E-state index contributed by atoms with van der Waals surface area (Å²) in [5.74, 6) is 0.618. The molecule has 0 saturated carbocycles. The second-order valence-corrected chi connectivity index (χ2v) is 5.25. The molecule has 0 aromatic rings. The predicted octanol–water partition coefficient (Wildman–Crippen LogP) is 3.31. The minimum atomic E-state index is -0.0796. The van der Waals surface area contributed by atoms with E-state index >= 15 is 0 Å². The van der Waals surface area contributed by atoms with Crippen molar-refractivity contribution < 1.29 is 0 Å². The van der Waals surface area contributed by atoms with Crippen LogP contribution in [0.2, 0.25) is 0 Å². The summed E-state index contributed by atoms with van der Waals surface area (Å²) >= 11 is 6.33. The van der Waals surface area contributed by atoms with Crippen molar-refractivity contribution in [2.24, 2.45) is 11.0 Å². The van der Waals surface area contributed by atoms with Gasteiger partial charge >= 0.3 is 0 Å². The van der Waals surface area contributed by atoms with E-state index in [0.29, 0.717) is 5.92 Å². The molecule has 3 nitrogen and oxygen atoms in total. The van der Waals surface area contributed by atoms with Crippen LogP contribution in [0.15, 0.2) is 5.10 Å². The molecule has 1 unspecified atom stereocenters. The topological polar surface area (TPSA) is 18.8 Å². The van der Waals surface area contributed by atoms with Crippen molar-refractivity contribution in [2.45, 2.75) is 52.1 Å². The predicted molar refractivity (Wildman–Crippen MR) is 70.5 cm³/mol. The Bertz CT molecular complexity index is 218. The van der Waals surface area contributed by atoms with Crippen molar-refractivity contribution in [3.63, 3.8) is 0 Å². The van der Waals surface area contributed by atoms with Gasteiger partial charge in [-0.3, -0.25) is 5.01 Å². The number of alkyl halides is 1. The number of unbranched alkanes of at least 4 members (excludes halogenated alkanes) is 3. The summed E-state index contributed by atoms with van der Waals surface area (Å²) in [6.07, 6.45) is 6.91. The van der Waals surface area contributed by atoms with Crippen LogP contribution in [0.1, 0.15) is 46.5 Å². The number of hydrogen-bond acceptors (Lipinski definition) is 3. The van der Waals surface area contributed by atoms with Gasteiger partial charge in [-0.15, -0.1) is 0 Å². The molecule has 1 atom stereocenters. The Kier molecular flexibility index (Phi) is 5.96. The molecule has 0 N–H and O–H groups in total. The zero-order chi connectivity index (χ0) is 12.0. The molecule has 1 aliphatic rings. The number of hydrazone groups is 1. The van der Waals surface area contributed by atoms with Gasteiger partial charge in [-0.25, -0.2) is 0 Å². The van der Waals surface area contributed by atoms with Gasteiger partial charge in [0, 0.05) is 13.1 Å². The van der Waals surface area contributed by atoms with Gasteiger partial charge < -0.3 is 4.90 Å². The van der Waals surface area contributed by atoms with Crippen LogP contribution in [-0.4, -0.2) is 35.0 Å². The third-order valence-electron chi connectivity index (χ3n) is 2.68. The monoisotopic (exact) mass is 245 g/mol. The summed E-state index contributed by atoms with van der Waals surface area (Å²) in [5.41, 5.74) is -0.0796. The number of rotatable bonds is 7. The van der Waals surface area contributed by atoms with Gasteiger partial charge in [0.2, 0.25) is 0 Å². The molecule has 1 rings (SSSR count). The Hall–Kier alpha value is -0.440. The Morgan fingerprint density at radius 1 is 1.31 bits per heavy atom. The molecule has 0 spiro atoms. The Morgan fingerprint density at radius 3 is 2.69 bits per heavy atom. The van der Waals surface area contributed by atoms with E-state index in [1.165, 1.54) is 25.7 Å². The average molecular weight is 246 g/mol. The summed E-state index contributed by atoms with van der Waals surface area (Å²) < 4.78 is 0. The first-order valence-corrected chi connectivity index (χ1v) is 6.79. The normalized spacial score (nSPS) is 20.2. The van der Waals surface area contributed by atoms with Crippen LogP contribution in [0.4, 0.5) is 0 Å². The molecule has 0 aromatic heterocycles. The Morgan fingerprint density at radius 2 is 2.06 bits per heavy atom. The van der Waals surface area contributed by atoms with Crippen LogP contribution in [0.5, 0.6) is 0 Å². The molecule has 0 aliphatic carbocycles. The third kappa shape index (κ3) is 4.20. The van der Waals surface area contributed by atoms with Gasteiger partial charge in [-0.05, 0) is 12.3 Å². The van der Waals surface area contributed by atoms with Crippen LogP contribution in [0.25, 0.3) is 0 Å². The maximum atomic E-state index is 6.33. The molecule has 0 bridgehead atoms. The summed E-state index contributed by atoms with van der Waals surface area (Å²) in [5, 5.41) is 6.34. The van der Waals surface area contributed by atoms with Crippen molar-refractivity contribution in [1.29, 1.82) is 0 Å². The number of nitrogens with zero attached hydrogens (tertiary/aromatic N) is 3. The molecular weight excluding hydrogens is 222 g/mol. The maximum Gasteiger partial charge on any atom is 0.195 e. The SMILES string of the molecule is CCCCCCN1N=CN(CC(C)C)C1Cl. The molecule has 0 amide bonds. The first-order chi connectivity index (χ1) is 7.65. The van der Waals surface area contributed by atoms with Crippen LogP contribution >= 0.6 is 11.6 Å². The van der Waals surface area contributed by atoms with E-state index in [4.69, 9.17) is 11.6 Å². The highest BCUT2D eigenvalue weighted by atomic mass is 35.5. The van der Waals surface area contributed by atoms with E-state index in [0.717, 1.165) is 13.1 Å². The largest absolute Gasteiger partial charge is 0.327 e. The fourth-order valence-corrected chi connectivity index (χ4v) is 2.11. The number of halogens is 1. The van der Waals surface area contributed by atoms with E-state index < -0.39 is 0 Å². The second kappa shape index (κ2) is 7.00. The Labute approximate surface area is 104 Å². The minimum Gasteiger partial charge on any atom is -0.327 e. The lowest BCUT2D eigenvalue weighted by molar-refractivity contribution is 0.186. The zero-order valence-corrected chi connectivity index (χ0v) is 11.5. The first kappa shape index (κ1) is 13.6. The van der Waals surface area contributed by atoms with Crippen LogP contribution in [0.3, 0.4) is 0 Å². The quantitative estimate of drug-likeness (QED) is 0.389. The fraction of sp³-hybridized carbons (Fsp3) is 0.917. The lowest BCUT2D eigenvalue weighted by Crippen LogP contribution is -2.37. The highest BCUT2D eigenvalue weighted by Crippen LogP contribution is 2.18. The summed E-state index contributed by atoms with van der Waals surface area (Å²) in [4.78, 5) is 2.10. The molecular formula is C12H24ClN3. The van der Waals surface area contributed by atoms with Crippen molar-refractivity contribution in [3.05, 3.63) is 0 Å². The van der Waals surface area contributed by atoms with E-state index in [1.54, 1.807) is 0 Å². The Balaban J connectivity index is 2.23. The van der Waals surface area contributed by atoms with E-state index in [2.05, 4.69) is 30.8 Å². The smallest absolute Gasteiger partial charge is 0.195 e. The fourth-order valence-electron chi connectivity index (χ4n) is 1.83. The highest BCUT2D eigenvalue weighted by Gasteiger charge is 2.25. The van der Waals surface area contributed by atoms with Crippen LogP contribution in [0, 0.1) is 5.92 Å². The highest BCUT2D eigenvalue weighted by molar-refractivity contribution is 6.20. The molecule has 94 valence electrons. The van der Waals surface area contributed by atoms with E-state index in [1.807, 2.05) is 11.3 Å². The third-order valence-corrected chi connectivity index (χ3v) is 3.16. The minimum absolute atomic E-state index is 0.0796. The summed E-state index contributed by atoms with van der Waals surface area (Å²) in [7, 11) is 0. The molecule has 0 aromatic carbocycles. The van der Waals surface area contributed by atoms with Crippen LogP contribution < -0.4 is 0 Å². The molecule has 0 radical (unpaired) electrons. The van der Waals surface area contributed by atoms with Gasteiger partial charge in [0.05, 0.1) is 0 Å². The van der Waals surface area contributed by atoms with E-state index in [9.17, 15) is 0 Å². The van der Waals surface area contributed by atoms with Crippen molar-refractivity contribution >= 4 is 17.9 Å². The van der Waals surface area contributed by atoms with Crippen molar-refractivity contribution in [1.82, 2.24) is 9.91 Å². The molecule has 1 heterocycles.